The summed E-state index contributed by atoms with van der Waals surface area (Å²) in [5, 5.41) is 0. The lowest BCUT2D eigenvalue weighted by molar-refractivity contribution is -0.147. The Balaban J connectivity index is 2.05. The maximum atomic E-state index is 10.9. The number of carbonyl (C=O) groups excluding carboxylic acids is 1. The number of fused-ring (bicyclic) bond motifs is 2. The van der Waals surface area contributed by atoms with Gasteiger partial charge in [-0.15, -0.1) is 0 Å². The monoisotopic (exact) mass is 198 g/mol. The van der Waals surface area contributed by atoms with Gasteiger partial charge in [-0.3, -0.25) is 9.69 Å². The summed E-state index contributed by atoms with van der Waals surface area (Å²) in [6, 6.07) is 1.13. The van der Waals surface area contributed by atoms with E-state index in [0.717, 1.165) is 19.3 Å². The zero-order valence-electron chi connectivity index (χ0n) is 8.77. The molecule has 0 amide bonds. The molecule has 0 aromatic carbocycles. The van der Waals surface area contributed by atoms with Crippen molar-refractivity contribution in [2.24, 2.45) is 5.73 Å². The molecule has 0 spiro atoms. The summed E-state index contributed by atoms with van der Waals surface area (Å²) in [7, 11) is 2.10. The van der Waals surface area contributed by atoms with E-state index in [1.165, 1.54) is 6.92 Å². The molecule has 0 aliphatic carbocycles. The Kier molecular flexibility index (Phi) is 2.49. The van der Waals surface area contributed by atoms with E-state index in [9.17, 15) is 4.79 Å². The van der Waals surface area contributed by atoms with Crippen LogP contribution in [0, 0.1) is 0 Å². The van der Waals surface area contributed by atoms with Crippen molar-refractivity contribution >= 4 is 5.97 Å². The molecular weight excluding hydrogens is 180 g/mol. The Morgan fingerprint density at radius 2 is 2.14 bits per heavy atom. The fraction of sp³-hybridized carbons (Fsp3) is 0.900. The van der Waals surface area contributed by atoms with Crippen LogP contribution >= 0.6 is 0 Å². The summed E-state index contributed by atoms with van der Waals surface area (Å²) in [4.78, 5) is 13.2. The lowest BCUT2D eigenvalue weighted by Gasteiger charge is -2.35. The Bertz CT molecular complexity index is 244. The molecule has 2 unspecified atom stereocenters. The molecule has 2 saturated heterocycles. The van der Waals surface area contributed by atoms with Crippen molar-refractivity contribution in [3.63, 3.8) is 0 Å². The van der Waals surface area contributed by atoms with Gasteiger partial charge in [-0.05, 0) is 19.9 Å². The minimum absolute atomic E-state index is 0.0658. The summed E-state index contributed by atoms with van der Waals surface area (Å²) < 4.78 is 5.31. The van der Waals surface area contributed by atoms with Crippen molar-refractivity contribution in [3.05, 3.63) is 0 Å². The molecule has 2 aliphatic rings. The predicted octanol–water partition coefficient (Wildman–Crippen LogP) is 0.112. The molecular formula is C10H18N2O2. The number of piperidine rings is 1. The van der Waals surface area contributed by atoms with E-state index in [4.69, 9.17) is 10.5 Å². The number of likely N-dealkylation sites (N-methyl/N-ethyl adjacent to an activating group) is 1. The predicted molar refractivity (Wildman–Crippen MR) is 52.7 cm³/mol. The van der Waals surface area contributed by atoms with Gasteiger partial charge in [0.1, 0.15) is 6.10 Å². The van der Waals surface area contributed by atoms with Crippen molar-refractivity contribution in [2.75, 3.05) is 7.05 Å². The zero-order valence-corrected chi connectivity index (χ0v) is 8.77. The topological polar surface area (TPSA) is 55.6 Å². The normalized spacial score (nSPS) is 42.5. The summed E-state index contributed by atoms with van der Waals surface area (Å²) in [6.07, 6.45) is 3.00. The molecule has 2 aliphatic heterocycles. The van der Waals surface area contributed by atoms with E-state index < -0.39 is 0 Å². The van der Waals surface area contributed by atoms with Crippen molar-refractivity contribution in [3.8, 4) is 0 Å². The van der Waals surface area contributed by atoms with Gasteiger partial charge in [-0.25, -0.2) is 0 Å². The maximum Gasteiger partial charge on any atom is 0.302 e. The van der Waals surface area contributed by atoms with Crippen molar-refractivity contribution in [1.29, 1.82) is 0 Å². The number of ether oxygens (including phenoxy) is 1. The van der Waals surface area contributed by atoms with Crippen LogP contribution < -0.4 is 5.73 Å². The smallest absolute Gasteiger partial charge is 0.302 e. The third-order valence-electron chi connectivity index (χ3n) is 3.47. The number of hydrogen-bond acceptors (Lipinski definition) is 4. The summed E-state index contributed by atoms with van der Waals surface area (Å²) in [5.74, 6) is -0.176. The molecule has 0 aromatic rings. The lowest BCUT2D eigenvalue weighted by atomic mass is 9.99. The van der Waals surface area contributed by atoms with Crippen LogP contribution in [-0.4, -0.2) is 42.1 Å². The van der Waals surface area contributed by atoms with Crippen LogP contribution in [0.4, 0.5) is 0 Å². The van der Waals surface area contributed by atoms with Crippen LogP contribution in [0.5, 0.6) is 0 Å². The van der Waals surface area contributed by atoms with Gasteiger partial charge < -0.3 is 10.5 Å². The second kappa shape index (κ2) is 3.51. The largest absolute Gasteiger partial charge is 0.461 e. The summed E-state index contributed by atoms with van der Waals surface area (Å²) in [5.41, 5.74) is 5.94. The fourth-order valence-electron chi connectivity index (χ4n) is 2.80. The molecule has 4 atom stereocenters. The second-order valence-electron chi connectivity index (χ2n) is 4.50. The van der Waals surface area contributed by atoms with Crippen LogP contribution in [0.2, 0.25) is 0 Å². The third kappa shape index (κ3) is 1.64. The average Bonchev–Trinajstić information content (AvgIpc) is 2.30. The van der Waals surface area contributed by atoms with E-state index in [1.54, 1.807) is 0 Å². The van der Waals surface area contributed by atoms with Gasteiger partial charge in [0.15, 0.2) is 0 Å². The first-order chi connectivity index (χ1) is 6.58. The van der Waals surface area contributed by atoms with Gasteiger partial charge in [0, 0.05) is 31.5 Å². The SMILES string of the molecule is CC(=O)OC1C[C@@H]2CC(N)C[C@H]1N2C. The molecule has 14 heavy (non-hydrogen) atoms. The molecule has 4 nitrogen and oxygen atoms in total. The molecule has 80 valence electrons. The fourth-order valence-corrected chi connectivity index (χ4v) is 2.80. The summed E-state index contributed by atoms with van der Waals surface area (Å²) in [6.45, 7) is 1.47. The van der Waals surface area contributed by atoms with Crippen LogP contribution in [0.15, 0.2) is 0 Å². The molecule has 4 heteroatoms. The number of carbonyl (C=O) groups is 1. The van der Waals surface area contributed by atoms with Gasteiger partial charge in [-0.2, -0.15) is 0 Å². The average molecular weight is 198 g/mol. The van der Waals surface area contributed by atoms with Gasteiger partial charge in [0.05, 0.1) is 0 Å². The molecule has 0 aromatic heterocycles. The lowest BCUT2D eigenvalue weighted by Crippen LogP contribution is -2.47. The highest BCUT2D eigenvalue weighted by molar-refractivity contribution is 5.66. The van der Waals surface area contributed by atoms with E-state index in [-0.39, 0.29) is 18.1 Å². The minimum atomic E-state index is -0.176. The molecule has 2 heterocycles. The Morgan fingerprint density at radius 3 is 2.79 bits per heavy atom. The Morgan fingerprint density at radius 1 is 1.43 bits per heavy atom. The molecule has 2 fully saturated rings. The zero-order chi connectivity index (χ0) is 10.3. The molecule has 2 N–H and O–H groups in total. The van der Waals surface area contributed by atoms with Crippen molar-refractivity contribution in [2.45, 2.75) is 50.4 Å². The highest BCUT2D eigenvalue weighted by Crippen LogP contribution is 2.35. The van der Waals surface area contributed by atoms with Gasteiger partial charge in [-0.1, -0.05) is 0 Å². The summed E-state index contributed by atoms with van der Waals surface area (Å²) >= 11 is 0. The highest BCUT2D eigenvalue weighted by atomic mass is 16.5. The first-order valence-corrected chi connectivity index (χ1v) is 5.22. The number of esters is 1. The molecule has 2 rings (SSSR count). The third-order valence-corrected chi connectivity index (χ3v) is 3.47. The van der Waals surface area contributed by atoms with Crippen LogP contribution in [0.1, 0.15) is 26.2 Å². The van der Waals surface area contributed by atoms with Gasteiger partial charge in [0.2, 0.25) is 0 Å². The van der Waals surface area contributed by atoms with E-state index >= 15 is 0 Å². The van der Waals surface area contributed by atoms with Gasteiger partial charge >= 0.3 is 5.97 Å². The van der Waals surface area contributed by atoms with E-state index in [1.807, 2.05) is 0 Å². The number of nitrogens with zero attached hydrogens (tertiary/aromatic N) is 1. The number of nitrogens with two attached hydrogens (primary N) is 1. The van der Waals surface area contributed by atoms with Crippen LogP contribution in [0.25, 0.3) is 0 Å². The van der Waals surface area contributed by atoms with Crippen LogP contribution in [-0.2, 0) is 9.53 Å². The molecule has 0 saturated carbocycles. The standard InChI is InChI=1S/C10H18N2O2/c1-6(13)14-10-5-8-3-7(11)4-9(10)12(8)2/h7-10H,3-5,11H2,1-2H3/t7?,8-,9+,10?/m0/s1. The van der Waals surface area contributed by atoms with E-state index in [0.29, 0.717) is 12.1 Å². The number of rotatable bonds is 1. The Hall–Kier alpha value is -0.610. The molecule has 0 radical (unpaired) electrons. The van der Waals surface area contributed by atoms with Crippen LogP contribution in [0.3, 0.4) is 0 Å². The number of hydrogen-bond donors (Lipinski definition) is 1. The second-order valence-corrected chi connectivity index (χ2v) is 4.50. The first kappa shape index (κ1) is 9.93. The van der Waals surface area contributed by atoms with Gasteiger partial charge in [0.25, 0.3) is 0 Å². The Labute approximate surface area is 84.4 Å². The highest BCUT2D eigenvalue weighted by Gasteiger charge is 2.45. The first-order valence-electron chi connectivity index (χ1n) is 5.22. The maximum absolute atomic E-state index is 10.9. The molecule has 2 bridgehead atoms. The quantitative estimate of drug-likeness (QED) is 0.608. The minimum Gasteiger partial charge on any atom is -0.461 e. The van der Waals surface area contributed by atoms with Crippen molar-refractivity contribution < 1.29 is 9.53 Å². The van der Waals surface area contributed by atoms with E-state index in [2.05, 4.69) is 11.9 Å². The van der Waals surface area contributed by atoms with Crippen molar-refractivity contribution in [1.82, 2.24) is 4.90 Å².